The summed E-state index contributed by atoms with van der Waals surface area (Å²) < 4.78 is 11.1. The third kappa shape index (κ3) is 3.16. The third-order valence-electron chi connectivity index (χ3n) is 5.63. The van der Waals surface area contributed by atoms with Crippen molar-refractivity contribution < 1.29 is 9.53 Å². The first kappa shape index (κ1) is 20.5. The van der Waals surface area contributed by atoms with Crippen LogP contribution >= 0.6 is 0 Å². The lowest BCUT2D eigenvalue weighted by Crippen LogP contribution is -2.40. The first-order valence-corrected chi connectivity index (χ1v) is 10.3. The van der Waals surface area contributed by atoms with E-state index in [-0.39, 0.29) is 23.5 Å². The largest absolute Gasteiger partial charge is 0.497 e. The summed E-state index contributed by atoms with van der Waals surface area (Å²) in [5, 5.41) is 0. The molecular formula is C24H21N5O4. The highest BCUT2D eigenvalue weighted by molar-refractivity contribution is 5.80. The van der Waals surface area contributed by atoms with Crippen molar-refractivity contribution in [3.8, 4) is 22.7 Å². The minimum absolute atomic E-state index is 0.234. The van der Waals surface area contributed by atoms with Crippen molar-refractivity contribution in [2.45, 2.75) is 13.5 Å². The molecule has 3 aromatic heterocycles. The maximum Gasteiger partial charge on any atom is 0.332 e. The van der Waals surface area contributed by atoms with E-state index in [2.05, 4.69) is 4.98 Å². The van der Waals surface area contributed by atoms with Crippen molar-refractivity contribution >= 4 is 22.7 Å². The molecule has 0 aliphatic carbocycles. The highest BCUT2D eigenvalue weighted by Gasteiger charge is 2.22. The fraction of sp³-hybridized carbons (Fsp3) is 0.167. The van der Waals surface area contributed by atoms with Crippen LogP contribution in [0.15, 0.2) is 70.4 Å². The number of carbonyl (C=O) groups excluding carboxylic acids is 1. The molecule has 33 heavy (non-hydrogen) atoms. The molecule has 0 saturated heterocycles. The molecule has 0 N–H and O–H groups in total. The van der Waals surface area contributed by atoms with E-state index in [1.54, 1.807) is 18.6 Å². The van der Waals surface area contributed by atoms with E-state index in [4.69, 9.17) is 4.74 Å². The molecule has 0 radical (unpaired) electrons. The van der Waals surface area contributed by atoms with Gasteiger partial charge >= 0.3 is 5.69 Å². The maximum absolute atomic E-state index is 13.3. The van der Waals surface area contributed by atoms with Crippen molar-refractivity contribution in [3.63, 3.8) is 0 Å². The molecule has 9 heteroatoms. The van der Waals surface area contributed by atoms with E-state index in [1.165, 1.54) is 11.5 Å². The highest BCUT2D eigenvalue weighted by atomic mass is 16.5. The molecule has 166 valence electrons. The van der Waals surface area contributed by atoms with Crippen molar-refractivity contribution in [3.05, 3.63) is 81.6 Å². The first-order chi connectivity index (χ1) is 15.9. The molecule has 5 rings (SSSR count). The van der Waals surface area contributed by atoms with Gasteiger partial charge in [-0.2, -0.15) is 4.98 Å². The van der Waals surface area contributed by atoms with Gasteiger partial charge in [-0.1, -0.05) is 30.3 Å². The summed E-state index contributed by atoms with van der Waals surface area (Å²) in [7, 11) is 3.15. The normalized spacial score (nSPS) is 11.4. The number of methoxy groups -OCH3 is 1. The van der Waals surface area contributed by atoms with Crippen molar-refractivity contribution in [1.82, 2.24) is 23.1 Å². The molecule has 0 fully saturated rings. The zero-order valence-corrected chi connectivity index (χ0v) is 18.3. The molecule has 0 aliphatic heterocycles. The number of fused-ring (bicyclic) bond motifs is 3. The van der Waals surface area contributed by atoms with E-state index in [0.717, 1.165) is 21.5 Å². The van der Waals surface area contributed by atoms with Crippen molar-refractivity contribution in [2.75, 3.05) is 7.11 Å². The van der Waals surface area contributed by atoms with Crippen LogP contribution in [0.1, 0.15) is 6.92 Å². The molecule has 0 spiro atoms. The Morgan fingerprint density at radius 3 is 2.36 bits per heavy atom. The van der Waals surface area contributed by atoms with Crippen LogP contribution in [0.2, 0.25) is 0 Å². The highest BCUT2D eigenvalue weighted by Crippen LogP contribution is 2.29. The predicted molar refractivity (Wildman–Crippen MR) is 124 cm³/mol. The Morgan fingerprint density at radius 1 is 1.03 bits per heavy atom. The van der Waals surface area contributed by atoms with Crippen LogP contribution in [0.5, 0.6) is 5.75 Å². The van der Waals surface area contributed by atoms with E-state index in [9.17, 15) is 14.4 Å². The summed E-state index contributed by atoms with van der Waals surface area (Å²) in [5.41, 5.74) is 1.91. The molecule has 0 amide bonds. The summed E-state index contributed by atoms with van der Waals surface area (Å²) in [5.74, 6) is 0.906. The van der Waals surface area contributed by atoms with Gasteiger partial charge in [-0.3, -0.25) is 27.7 Å². The number of aryl methyl sites for hydroxylation is 1. The van der Waals surface area contributed by atoms with Gasteiger partial charge in [0.25, 0.3) is 5.56 Å². The van der Waals surface area contributed by atoms with Gasteiger partial charge in [-0.25, -0.2) is 4.79 Å². The van der Waals surface area contributed by atoms with Crippen LogP contribution in [0, 0.1) is 0 Å². The SMILES string of the molecule is COc1ccc(-n2c(-c3ccccc3)cn3c4c(=O)n(CC(C)=O)c(=O)n(C)c4nc23)cc1. The van der Waals surface area contributed by atoms with Gasteiger partial charge in [0.05, 0.1) is 19.3 Å². The molecule has 0 aliphatic rings. The van der Waals surface area contributed by atoms with Gasteiger partial charge in [-0.05, 0) is 31.2 Å². The molecule has 5 aromatic rings. The van der Waals surface area contributed by atoms with Crippen molar-refractivity contribution in [1.29, 1.82) is 0 Å². The van der Waals surface area contributed by atoms with E-state index in [1.807, 2.05) is 65.4 Å². The number of ether oxygens (including phenoxy) is 1. The number of hydrogen-bond donors (Lipinski definition) is 0. The quantitative estimate of drug-likeness (QED) is 0.416. The van der Waals surface area contributed by atoms with Crippen molar-refractivity contribution in [2.24, 2.45) is 7.05 Å². The summed E-state index contributed by atoms with van der Waals surface area (Å²) in [6.45, 7) is 1.05. The molecule has 0 saturated carbocycles. The lowest BCUT2D eigenvalue weighted by molar-refractivity contribution is -0.117. The molecule has 2 aromatic carbocycles. The Labute approximate surface area is 187 Å². The number of hydrogen-bond acceptors (Lipinski definition) is 5. The molecule has 9 nitrogen and oxygen atoms in total. The zero-order valence-electron chi connectivity index (χ0n) is 18.3. The number of ketones is 1. The molecule has 0 unspecified atom stereocenters. The van der Waals surface area contributed by atoms with Gasteiger partial charge in [0.15, 0.2) is 11.2 Å². The maximum atomic E-state index is 13.3. The van der Waals surface area contributed by atoms with Crippen LogP contribution in [0.3, 0.4) is 0 Å². The van der Waals surface area contributed by atoms with Gasteiger partial charge < -0.3 is 4.74 Å². The third-order valence-corrected chi connectivity index (χ3v) is 5.63. The summed E-state index contributed by atoms with van der Waals surface area (Å²) in [6, 6.07) is 17.2. The number of rotatable bonds is 5. The average molecular weight is 443 g/mol. The van der Waals surface area contributed by atoms with Gasteiger partial charge in [0.1, 0.15) is 11.5 Å². The van der Waals surface area contributed by atoms with Crippen LogP contribution in [0.25, 0.3) is 33.9 Å². The van der Waals surface area contributed by atoms with Gasteiger partial charge in [0, 0.05) is 24.5 Å². The van der Waals surface area contributed by atoms with E-state index < -0.39 is 11.2 Å². The second kappa shape index (κ2) is 7.63. The summed E-state index contributed by atoms with van der Waals surface area (Å²) in [6.07, 6.45) is 1.83. The summed E-state index contributed by atoms with van der Waals surface area (Å²) >= 11 is 0. The Kier molecular flexibility index (Phi) is 4.74. The van der Waals surface area contributed by atoms with Crippen LogP contribution in [-0.4, -0.2) is 36.0 Å². The zero-order chi connectivity index (χ0) is 23.3. The van der Waals surface area contributed by atoms with Crippen LogP contribution in [0.4, 0.5) is 0 Å². The minimum atomic E-state index is -0.581. The summed E-state index contributed by atoms with van der Waals surface area (Å²) in [4.78, 5) is 42.4. The number of carbonyl (C=O) groups is 1. The minimum Gasteiger partial charge on any atom is -0.497 e. The lowest BCUT2D eigenvalue weighted by Gasteiger charge is -2.10. The van der Waals surface area contributed by atoms with E-state index in [0.29, 0.717) is 11.5 Å². The molecule has 3 heterocycles. The number of imidazole rings is 2. The van der Waals surface area contributed by atoms with Gasteiger partial charge in [0.2, 0.25) is 5.78 Å². The Balaban J connectivity index is 1.91. The average Bonchev–Trinajstić information content (AvgIpc) is 3.37. The molecule has 0 atom stereocenters. The fourth-order valence-corrected chi connectivity index (χ4v) is 4.06. The second-order valence-electron chi connectivity index (χ2n) is 7.80. The topological polar surface area (TPSA) is 92.5 Å². The standard InChI is InChI=1S/C24H21N5O4/c1-15(30)13-28-22(31)20-21(26(2)24(28)32)25-23-27(20)14-19(16-7-5-4-6-8-16)29(23)17-9-11-18(33-3)12-10-17/h4-12,14H,13H2,1-3H3. The Hall–Kier alpha value is -4.40. The smallest absolute Gasteiger partial charge is 0.332 e. The lowest BCUT2D eigenvalue weighted by atomic mass is 10.1. The Bertz CT molecular complexity index is 1640. The number of nitrogens with zero attached hydrogens (tertiary/aromatic N) is 5. The number of benzene rings is 2. The predicted octanol–water partition coefficient (Wildman–Crippen LogP) is 2.40. The monoisotopic (exact) mass is 443 g/mol. The van der Waals surface area contributed by atoms with Gasteiger partial charge in [-0.15, -0.1) is 0 Å². The number of aromatic nitrogens is 5. The van der Waals surface area contributed by atoms with E-state index >= 15 is 0 Å². The molecular weight excluding hydrogens is 422 g/mol. The van der Waals surface area contributed by atoms with Crippen LogP contribution < -0.4 is 16.0 Å². The second-order valence-corrected chi connectivity index (χ2v) is 7.80. The first-order valence-electron chi connectivity index (χ1n) is 10.3. The number of Topliss-reactive ketones (excluding diaryl/α,β-unsaturated/α-hetero) is 1. The van der Waals surface area contributed by atoms with Crippen LogP contribution in [-0.2, 0) is 18.4 Å². The fourth-order valence-electron chi connectivity index (χ4n) is 4.06. The Morgan fingerprint density at radius 2 is 1.73 bits per heavy atom. The molecule has 0 bridgehead atoms.